The van der Waals surface area contributed by atoms with Crippen molar-refractivity contribution in [1.82, 2.24) is 15.2 Å². The van der Waals surface area contributed by atoms with E-state index in [0.717, 1.165) is 25.2 Å². The summed E-state index contributed by atoms with van der Waals surface area (Å²) < 4.78 is 0. The summed E-state index contributed by atoms with van der Waals surface area (Å²) in [5, 5.41) is 3.58. The van der Waals surface area contributed by atoms with Crippen LogP contribution in [0.25, 0.3) is 0 Å². The van der Waals surface area contributed by atoms with Gasteiger partial charge in [-0.05, 0) is 50.0 Å². The molecular weight excluding hydrogens is 282 g/mol. The molecule has 1 aromatic heterocycles. The van der Waals surface area contributed by atoms with Crippen molar-refractivity contribution in [3.8, 4) is 0 Å². The van der Waals surface area contributed by atoms with E-state index in [1.807, 2.05) is 12.3 Å². The van der Waals surface area contributed by atoms with Crippen LogP contribution < -0.4 is 11.1 Å². The van der Waals surface area contributed by atoms with E-state index in [2.05, 4.69) is 33.2 Å². The van der Waals surface area contributed by atoms with Crippen molar-refractivity contribution in [2.75, 3.05) is 19.6 Å². The number of nitrogens with zero attached hydrogens (tertiary/aromatic N) is 3. The lowest BCUT2D eigenvalue weighted by molar-refractivity contribution is 0.339. The number of aliphatic imine (C=N–C) groups is 1. The maximum atomic E-state index is 5.99. The fraction of sp³-hybridized carbons (Fsp3) is 0.533. The molecule has 5 nitrogen and oxygen atoms in total. The van der Waals surface area contributed by atoms with Crippen LogP contribution in [0.4, 0.5) is 0 Å². The molecule has 0 amide bonds. The lowest BCUT2D eigenvalue weighted by Crippen LogP contribution is -2.42. The van der Waals surface area contributed by atoms with Crippen molar-refractivity contribution in [2.45, 2.75) is 32.6 Å². The molecule has 2 rings (SSSR count). The van der Waals surface area contributed by atoms with Crippen LogP contribution in [0.5, 0.6) is 0 Å². The molecule has 0 spiro atoms. The molecule has 6 heteroatoms. The Kier molecular flexibility index (Phi) is 5.92. The van der Waals surface area contributed by atoms with Crippen LogP contribution in [0.15, 0.2) is 23.3 Å². The van der Waals surface area contributed by atoms with Gasteiger partial charge in [0, 0.05) is 37.9 Å². The molecule has 0 aromatic carbocycles. The molecule has 1 aliphatic rings. The summed E-state index contributed by atoms with van der Waals surface area (Å²) in [6.07, 6.45) is 6.26. The molecule has 114 valence electrons. The van der Waals surface area contributed by atoms with Gasteiger partial charge in [0.15, 0.2) is 11.1 Å². The van der Waals surface area contributed by atoms with Crippen molar-refractivity contribution in [1.29, 1.82) is 0 Å². The highest BCUT2D eigenvalue weighted by molar-refractivity contribution is 7.80. The molecule has 2 heterocycles. The number of aryl methyl sites for hydroxylation is 1. The number of rotatable bonds is 3. The fourth-order valence-electron chi connectivity index (χ4n) is 2.41. The molecule has 0 saturated carbocycles. The van der Waals surface area contributed by atoms with Crippen molar-refractivity contribution in [3.05, 3.63) is 29.6 Å². The predicted molar refractivity (Wildman–Crippen MR) is 90.3 cm³/mol. The zero-order valence-electron chi connectivity index (χ0n) is 12.5. The van der Waals surface area contributed by atoms with Crippen LogP contribution in [0.3, 0.4) is 0 Å². The lowest BCUT2D eigenvalue weighted by Gasteiger charge is -2.27. The molecule has 1 fully saturated rings. The molecule has 0 atom stereocenters. The molecule has 0 unspecified atom stereocenters. The molecule has 21 heavy (non-hydrogen) atoms. The molecular formula is C15H23N5S. The normalized spacial score (nSPS) is 15.9. The lowest BCUT2D eigenvalue weighted by atomic mass is 10.1. The molecule has 1 aromatic rings. The first-order valence-corrected chi connectivity index (χ1v) is 7.85. The molecule has 0 bridgehead atoms. The van der Waals surface area contributed by atoms with Gasteiger partial charge in [-0.15, -0.1) is 0 Å². The number of hydrogen-bond acceptors (Lipinski definition) is 2. The Bertz CT molecular complexity index is 509. The largest absolute Gasteiger partial charge is 0.369 e. The third-order valence-electron chi connectivity index (χ3n) is 3.65. The van der Waals surface area contributed by atoms with Gasteiger partial charge in [0.25, 0.3) is 0 Å². The summed E-state index contributed by atoms with van der Waals surface area (Å²) in [5.41, 5.74) is 8.27. The zero-order chi connectivity index (χ0) is 15.1. The van der Waals surface area contributed by atoms with Gasteiger partial charge in [-0.25, -0.2) is 0 Å². The highest BCUT2D eigenvalue weighted by Gasteiger charge is 2.12. The molecule has 0 radical (unpaired) electrons. The summed E-state index contributed by atoms with van der Waals surface area (Å²) in [4.78, 5) is 10.7. The Morgan fingerprint density at radius 3 is 2.90 bits per heavy atom. The van der Waals surface area contributed by atoms with Crippen molar-refractivity contribution in [2.24, 2.45) is 10.7 Å². The van der Waals surface area contributed by atoms with Gasteiger partial charge in [-0.2, -0.15) is 4.99 Å². The van der Waals surface area contributed by atoms with E-state index in [-0.39, 0.29) is 0 Å². The number of aromatic nitrogens is 1. The van der Waals surface area contributed by atoms with Crippen LogP contribution in [-0.2, 0) is 6.42 Å². The Hall–Kier alpha value is -1.69. The first-order chi connectivity index (χ1) is 10.2. The number of nitrogens with two attached hydrogens (primary N) is 1. The zero-order valence-corrected chi connectivity index (χ0v) is 13.3. The van der Waals surface area contributed by atoms with Gasteiger partial charge in [-0.1, -0.05) is 6.07 Å². The molecule has 1 aliphatic heterocycles. The van der Waals surface area contributed by atoms with E-state index in [9.17, 15) is 0 Å². The van der Waals surface area contributed by atoms with Crippen LogP contribution in [-0.4, -0.2) is 40.6 Å². The number of guanidine groups is 1. The highest BCUT2D eigenvalue weighted by Crippen LogP contribution is 2.08. The van der Waals surface area contributed by atoms with E-state index in [0.29, 0.717) is 17.6 Å². The average Bonchev–Trinajstić information content (AvgIpc) is 2.50. The second-order valence-electron chi connectivity index (χ2n) is 5.27. The second kappa shape index (κ2) is 7.93. The minimum atomic E-state index is 0.451. The monoisotopic (exact) mass is 305 g/mol. The quantitative estimate of drug-likeness (QED) is 0.504. The van der Waals surface area contributed by atoms with Crippen LogP contribution in [0.1, 0.15) is 30.5 Å². The van der Waals surface area contributed by atoms with Crippen LogP contribution >= 0.6 is 12.2 Å². The van der Waals surface area contributed by atoms with E-state index in [1.54, 1.807) is 0 Å². The summed E-state index contributed by atoms with van der Waals surface area (Å²) >= 11 is 5.22. The molecule has 0 aliphatic carbocycles. The van der Waals surface area contributed by atoms with Gasteiger partial charge in [-0.3, -0.25) is 4.98 Å². The predicted octanol–water partition coefficient (Wildman–Crippen LogP) is 1.61. The maximum Gasteiger partial charge on any atom is 0.198 e. The number of likely N-dealkylation sites (tertiary alicyclic amines) is 1. The van der Waals surface area contributed by atoms with E-state index >= 15 is 0 Å². The van der Waals surface area contributed by atoms with Gasteiger partial charge >= 0.3 is 0 Å². The fourth-order valence-corrected chi connectivity index (χ4v) is 2.60. The minimum absolute atomic E-state index is 0.451. The average molecular weight is 305 g/mol. The number of thiocarbonyl (C=S) groups is 1. The number of pyridine rings is 1. The highest BCUT2D eigenvalue weighted by atomic mass is 32.1. The summed E-state index contributed by atoms with van der Waals surface area (Å²) in [6, 6.07) is 4.01. The van der Waals surface area contributed by atoms with E-state index < -0.39 is 0 Å². The number of nitrogens with one attached hydrogen (secondary N) is 1. The Morgan fingerprint density at radius 2 is 2.19 bits per heavy atom. The Balaban J connectivity index is 1.77. The second-order valence-corrected chi connectivity index (χ2v) is 5.65. The first-order valence-electron chi connectivity index (χ1n) is 7.44. The standard InChI is InChI=1S/C15H23N5S/c1-12-6-5-8-17-13(12)7-9-18-15(21)19-14(16)20-10-3-2-4-11-20/h5-6,8H,2-4,7,9-11H2,1H3,(H3,16,18,19,21). The SMILES string of the molecule is Cc1cccnc1CCNC(=S)/N=C(\N)N1CCCCC1. The van der Waals surface area contributed by atoms with Crippen molar-refractivity contribution < 1.29 is 0 Å². The third-order valence-corrected chi connectivity index (χ3v) is 3.89. The van der Waals surface area contributed by atoms with Crippen LogP contribution in [0.2, 0.25) is 0 Å². The molecule has 3 N–H and O–H groups in total. The van der Waals surface area contributed by atoms with E-state index in [1.165, 1.54) is 24.8 Å². The topological polar surface area (TPSA) is 66.5 Å². The minimum Gasteiger partial charge on any atom is -0.369 e. The summed E-state index contributed by atoms with van der Waals surface area (Å²) in [7, 11) is 0. The van der Waals surface area contributed by atoms with Crippen molar-refractivity contribution >= 4 is 23.3 Å². The summed E-state index contributed by atoms with van der Waals surface area (Å²) in [5.74, 6) is 0.529. The Labute approximate surface area is 131 Å². The molecule has 1 saturated heterocycles. The number of piperidine rings is 1. The van der Waals surface area contributed by atoms with Crippen LogP contribution in [0, 0.1) is 6.92 Å². The van der Waals surface area contributed by atoms with Gasteiger partial charge in [0.1, 0.15) is 0 Å². The summed E-state index contributed by atoms with van der Waals surface area (Å²) in [6.45, 7) is 4.73. The Morgan fingerprint density at radius 1 is 1.43 bits per heavy atom. The van der Waals surface area contributed by atoms with Gasteiger partial charge < -0.3 is 16.0 Å². The van der Waals surface area contributed by atoms with Gasteiger partial charge in [0.2, 0.25) is 0 Å². The van der Waals surface area contributed by atoms with E-state index in [4.69, 9.17) is 18.0 Å². The smallest absolute Gasteiger partial charge is 0.198 e. The number of hydrogen-bond donors (Lipinski definition) is 2. The van der Waals surface area contributed by atoms with Crippen molar-refractivity contribution in [3.63, 3.8) is 0 Å². The third kappa shape index (κ3) is 4.97. The maximum absolute atomic E-state index is 5.99. The van der Waals surface area contributed by atoms with Gasteiger partial charge in [0.05, 0.1) is 0 Å². The first kappa shape index (κ1) is 15.7.